The number of hydrogen-bond donors (Lipinski definition) is 0. The molecule has 0 aliphatic carbocycles. The van der Waals surface area contributed by atoms with Gasteiger partial charge in [0.25, 0.3) is 0 Å². The molecule has 2 rings (SSSR count). The van der Waals surface area contributed by atoms with Crippen molar-refractivity contribution in [1.82, 2.24) is 23.5 Å². The molecule has 0 unspecified atom stereocenters. The third-order valence-corrected chi connectivity index (χ3v) is 1.87. The Labute approximate surface area is 64.2 Å². The van der Waals surface area contributed by atoms with E-state index in [-0.39, 0.29) is 0 Å². The van der Waals surface area contributed by atoms with Crippen LogP contribution in [0.2, 0.25) is 0 Å². The van der Waals surface area contributed by atoms with Crippen molar-refractivity contribution in [2.75, 3.05) is 0 Å². The summed E-state index contributed by atoms with van der Waals surface area (Å²) in [6.45, 7) is 0. The van der Waals surface area contributed by atoms with E-state index in [0.717, 1.165) is 11.7 Å². The standard InChI is InChI=1S/C3N5S2/c1-2(6-10-4-1)3-5-7-8-9-3. The second kappa shape index (κ2) is 2.35. The Balaban J connectivity index is 2.48. The molecule has 2 heterocycles. The van der Waals surface area contributed by atoms with Gasteiger partial charge in [0.05, 0.1) is 11.7 Å². The second-order valence-electron chi connectivity index (χ2n) is 1.39. The Hall–Kier alpha value is -0.950. The monoisotopic (exact) mass is 170 g/mol. The first-order valence-electron chi connectivity index (χ1n) is 2.32. The minimum absolute atomic E-state index is 0.625. The van der Waals surface area contributed by atoms with E-state index in [1.54, 1.807) is 0 Å². The third-order valence-electron chi connectivity index (χ3n) is 0.826. The van der Waals surface area contributed by atoms with E-state index in [4.69, 9.17) is 0 Å². The highest BCUT2D eigenvalue weighted by atomic mass is 32.1. The predicted octanol–water partition coefficient (Wildman–Crippen LogP) is 0.252. The zero-order chi connectivity index (χ0) is 6.81. The Morgan fingerprint density at radius 2 is 2.40 bits per heavy atom. The lowest BCUT2D eigenvalue weighted by atomic mass is 10.5. The summed E-state index contributed by atoms with van der Waals surface area (Å²) in [5.74, 6) is 0. The van der Waals surface area contributed by atoms with E-state index >= 15 is 0 Å². The lowest BCUT2D eigenvalue weighted by Crippen LogP contribution is -1.74. The van der Waals surface area contributed by atoms with Crippen molar-refractivity contribution in [1.29, 1.82) is 0 Å². The molecule has 7 heteroatoms. The van der Waals surface area contributed by atoms with Crippen LogP contribution in [0.25, 0.3) is 10.7 Å². The molecule has 1 radical (unpaired) electrons. The van der Waals surface area contributed by atoms with E-state index < -0.39 is 0 Å². The molecule has 0 aliphatic heterocycles. The van der Waals surface area contributed by atoms with Gasteiger partial charge in [-0.1, -0.05) is 4.49 Å². The van der Waals surface area contributed by atoms with Crippen LogP contribution in [0.4, 0.5) is 0 Å². The van der Waals surface area contributed by atoms with Gasteiger partial charge >= 0.3 is 0 Å². The Morgan fingerprint density at radius 1 is 1.40 bits per heavy atom. The lowest BCUT2D eigenvalue weighted by molar-refractivity contribution is 0.960. The van der Waals surface area contributed by atoms with Crippen molar-refractivity contribution in [3.05, 3.63) is 6.20 Å². The summed E-state index contributed by atoms with van der Waals surface area (Å²) in [7, 11) is 0. The summed E-state index contributed by atoms with van der Waals surface area (Å²) in [6, 6.07) is 0. The molecule has 0 fully saturated rings. The first-order valence-corrected chi connectivity index (χ1v) is 3.83. The van der Waals surface area contributed by atoms with E-state index in [1.807, 2.05) is 0 Å². The fraction of sp³-hybridized carbons (Fsp3) is 0. The molecule has 0 N–H and O–H groups in total. The maximum atomic E-state index is 3.90. The average molecular weight is 170 g/mol. The van der Waals surface area contributed by atoms with Gasteiger partial charge < -0.3 is 0 Å². The first-order chi connectivity index (χ1) is 4.97. The number of hydrogen-bond acceptors (Lipinski definition) is 7. The molecule has 2 aromatic rings. The zero-order valence-corrected chi connectivity index (χ0v) is 6.19. The van der Waals surface area contributed by atoms with Crippen molar-refractivity contribution in [3.8, 4) is 10.7 Å². The molecule has 0 bridgehead atoms. The molecular weight excluding hydrogens is 170 g/mol. The largest absolute Gasteiger partial charge is 0.189 e. The second-order valence-corrected chi connectivity index (χ2v) is 2.65. The average Bonchev–Trinajstić information content (AvgIpc) is 2.59. The highest BCUT2D eigenvalue weighted by Crippen LogP contribution is 2.14. The van der Waals surface area contributed by atoms with Gasteiger partial charge in [0.1, 0.15) is 11.9 Å². The predicted molar refractivity (Wildman–Crippen MR) is 35.4 cm³/mol. The van der Waals surface area contributed by atoms with Gasteiger partial charge in [0, 0.05) is 11.5 Å². The van der Waals surface area contributed by atoms with Crippen LogP contribution in [-0.2, 0) is 0 Å². The van der Waals surface area contributed by atoms with Crippen LogP contribution in [0.15, 0.2) is 0 Å². The van der Waals surface area contributed by atoms with E-state index in [1.165, 1.54) is 11.5 Å². The molecule has 0 atom stereocenters. The van der Waals surface area contributed by atoms with E-state index in [9.17, 15) is 0 Å². The number of aromatic nitrogens is 5. The summed E-state index contributed by atoms with van der Waals surface area (Å²) >= 11 is 2.27. The maximum absolute atomic E-state index is 3.90. The summed E-state index contributed by atoms with van der Waals surface area (Å²) in [5.41, 5.74) is 0.625. The quantitative estimate of drug-likeness (QED) is 0.614. The Kier molecular flexibility index (Phi) is 1.36. The molecule has 0 saturated carbocycles. The van der Waals surface area contributed by atoms with Crippen LogP contribution in [0.1, 0.15) is 0 Å². The molecule has 0 amide bonds. The number of rotatable bonds is 1. The highest BCUT2D eigenvalue weighted by molar-refractivity contribution is 7.09. The van der Waals surface area contributed by atoms with Gasteiger partial charge in [-0.15, -0.1) is 5.10 Å². The Morgan fingerprint density at radius 3 is 3.00 bits per heavy atom. The van der Waals surface area contributed by atoms with Crippen molar-refractivity contribution in [2.45, 2.75) is 0 Å². The topological polar surface area (TPSA) is 64.5 Å². The lowest BCUT2D eigenvalue weighted by Gasteiger charge is -1.75. The maximum Gasteiger partial charge on any atom is 0.189 e. The van der Waals surface area contributed by atoms with Crippen LogP contribution in [0, 0.1) is 6.20 Å². The smallest absolute Gasteiger partial charge is 0.170 e. The summed E-state index contributed by atoms with van der Waals surface area (Å²) in [4.78, 5) is 0. The molecule has 0 aliphatic rings. The molecule has 10 heavy (non-hydrogen) atoms. The SMILES string of the molecule is [c]1nsnc1-c1nnns1. The fourth-order valence-corrected chi connectivity index (χ4v) is 1.29. The highest BCUT2D eigenvalue weighted by Gasteiger charge is 2.04. The van der Waals surface area contributed by atoms with Gasteiger partial charge in [0.15, 0.2) is 5.01 Å². The molecule has 0 saturated heterocycles. The van der Waals surface area contributed by atoms with E-state index in [0.29, 0.717) is 10.7 Å². The Bertz CT molecular complexity index is 254. The molecule has 2 aromatic heterocycles. The normalized spacial score (nSPS) is 10.0. The minimum Gasteiger partial charge on any atom is -0.170 e. The minimum atomic E-state index is 0.625. The van der Waals surface area contributed by atoms with Crippen LogP contribution >= 0.6 is 23.3 Å². The van der Waals surface area contributed by atoms with Gasteiger partial charge in [-0.05, 0) is 5.21 Å². The molecule has 0 spiro atoms. The molecule has 49 valence electrons. The van der Waals surface area contributed by atoms with Crippen LogP contribution in [-0.4, -0.2) is 23.5 Å². The van der Waals surface area contributed by atoms with Gasteiger partial charge in [0.2, 0.25) is 0 Å². The third kappa shape index (κ3) is 0.888. The molecule has 0 aromatic carbocycles. The van der Waals surface area contributed by atoms with Crippen LogP contribution in [0.3, 0.4) is 0 Å². The summed E-state index contributed by atoms with van der Waals surface area (Å²) < 4.78 is 11.2. The van der Waals surface area contributed by atoms with E-state index in [2.05, 4.69) is 29.7 Å². The van der Waals surface area contributed by atoms with Crippen molar-refractivity contribution >= 4 is 23.3 Å². The molecular formula is C3N5S2. The number of nitrogens with zero attached hydrogens (tertiary/aromatic N) is 5. The van der Waals surface area contributed by atoms with Gasteiger partial charge in [-0.25, -0.2) is 0 Å². The fourth-order valence-electron chi connectivity index (χ4n) is 0.457. The van der Waals surface area contributed by atoms with Crippen molar-refractivity contribution in [2.24, 2.45) is 0 Å². The first kappa shape index (κ1) is 5.81. The summed E-state index contributed by atoms with van der Waals surface area (Å²) in [6.07, 6.45) is 2.66. The summed E-state index contributed by atoms with van der Waals surface area (Å²) in [5, 5.41) is 7.76. The van der Waals surface area contributed by atoms with Crippen molar-refractivity contribution in [3.63, 3.8) is 0 Å². The van der Waals surface area contributed by atoms with Crippen molar-refractivity contribution < 1.29 is 0 Å². The zero-order valence-electron chi connectivity index (χ0n) is 4.55. The van der Waals surface area contributed by atoms with Crippen LogP contribution in [0.5, 0.6) is 0 Å². The van der Waals surface area contributed by atoms with Gasteiger partial charge in [-0.2, -0.15) is 8.75 Å². The van der Waals surface area contributed by atoms with Gasteiger partial charge in [-0.3, -0.25) is 0 Å². The molecule has 5 nitrogen and oxygen atoms in total. The van der Waals surface area contributed by atoms with Crippen LogP contribution < -0.4 is 0 Å².